The molecule has 0 amide bonds. The first-order chi connectivity index (χ1) is 31.2. The van der Waals surface area contributed by atoms with E-state index in [1.807, 2.05) is 0 Å². The zero-order valence-electron chi connectivity index (χ0n) is 34.4. The van der Waals surface area contributed by atoms with Gasteiger partial charge in [-0.15, -0.1) is 0 Å². The molecule has 3 nitrogen and oxygen atoms in total. The number of anilines is 3. The number of hydrogen-bond donors (Lipinski definition) is 0. The Hall–Kier alpha value is -8.40. The molecular formula is C60H40N2O. The van der Waals surface area contributed by atoms with Crippen LogP contribution in [0.3, 0.4) is 0 Å². The normalized spacial score (nSPS) is 11.5. The molecule has 0 aliphatic rings. The van der Waals surface area contributed by atoms with Crippen LogP contribution in [0.25, 0.3) is 93.9 Å². The first kappa shape index (κ1) is 36.5. The molecule has 0 bridgehead atoms. The molecule has 296 valence electrons. The van der Waals surface area contributed by atoms with E-state index in [-0.39, 0.29) is 0 Å². The van der Waals surface area contributed by atoms with Crippen LogP contribution in [0.2, 0.25) is 0 Å². The van der Waals surface area contributed by atoms with Crippen molar-refractivity contribution in [1.82, 2.24) is 4.57 Å². The minimum absolute atomic E-state index is 0.861. The lowest BCUT2D eigenvalue weighted by molar-refractivity contribution is 0.670. The van der Waals surface area contributed by atoms with Crippen molar-refractivity contribution >= 4 is 60.8 Å². The standard InChI is InChI=1S/C60H40N2O/c1-4-17-41(18-5-1)43-31-34-47(35-32-43)61(58-36-33-45(42-19-6-2-7-20-42)38-53(58)44-21-8-3-9-22-44)49-39-54(60-55(40-49)52-27-12-15-30-59(52)63-60)46-23-16-24-48(37-46)62-56-28-13-10-25-50(56)51-26-11-14-29-57(51)62/h1-40H. The van der Waals surface area contributed by atoms with Crippen molar-refractivity contribution in [3.63, 3.8) is 0 Å². The molecule has 12 aromatic rings. The zero-order valence-corrected chi connectivity index (χ0v) is 34.4. The highest BCUT2D eigenvalue weighted by atomic mass is 16.3. The van der Waals surface area contributed by atoms with Crippen LogP contribution in [-0.4, -0.2) is 4.57 Å². The van der Waals surface area contributed by atoms with Gasteiger partial charge in [0.1, 0.15) is 11.2 Å². The number of benzene rings is 10. The second-order valence-corrected chi connectivity index (χ2v) is 16.1. The predicted molar refractivity (Wildman–Crippen MR) is 264 cm³/mol. The summed E-state index contributed by atoms with van der Waals surface area (Å²) in [5.74, 6) is 0. The number of para-hydroxylation sites is 3. The summed E-state index contributed by atoms with van der Waals surface area (Å²) in [6.07, 6.45) is 0. The maximum Gasteiger partial charge on any atom is 0.143 e. The van der Waals surface area contributed by atoms with Crippen molar-refractivity contribution in [1.29, 1.82) is 0 Å². The molecule has 0 unspecified atom stereocenters. The van der Waals surface area contributed by atoms with E-state index in [9.17, 15) is 0 Å². The maximum absolute atomic E-state index is 6.85. The van der Waals surface area contributed by atoms with E-state index >= 15 is 0 Å². The van der Waals surface area contributed by atoms with E-state index < -0.39 is 0 Å². The van der Waals surface area contributed by atoms with Crippen LogP contribution in [0.4, 0.5) is 17.1 Å². The summed E-state index contributed by atoms with van der Waals surface area (Å²) in [5, 5.41) is 4.62. The first-order valence-electron chi connectivity index (χ1n) is 21.5. The number of fused-ring (bicyclic) bond motifs is 6. The highest BCUT2D eigenvalue weighted by Gasteiger charge is 2.23. The molecule has 2 aromatic heterocycles. The quantitative estimate of drug-likeness (QED) is 0.153. The molecule has 3 heteroatoms. The number of nitrogens with zero attached hydrogens (tertiary/aromatic N) is 2. The van der Waals surface area contributed by atoms with Gasteiger partial charge in [0.05, 0.1) is 16.7 Å². The van der Waals surface area contributed by atoms with Gasteiger partial charge in [0.2, 0.25) is 0 Å². The van der Waals surface area contributed by atoms with E-state index in [1.165, 1.54) is 38.5 Å². The fraction of sp³-hybridized carbons (Fsp3) is 0. The Balaban J connectivity index is 1.12. The molecule has 10 aromatic carbocycles. The van der Waals surface area contributed by atoms with Crippen LogP contribution in [0, 0.1) is 0 Å². The van der Waals surface area contributed by atoms with Gasteiger partial charge in [-0.3, -0.25) is 0 Å². The maximum atomic E-state index is 6.85. The molecule has 0 N–H and O–H groups in total. The third kappa shape index (κ3) is 6.38. The fourth-order valence-corrected chi connectivity index (χ4v) is 9.42. The molecule has 0 fully saturated rings. The van der Waals surface area contributed by atoms with Crippen LogP contribution in [0.5, 0.6) is 0 Å². The average molecular weight is 805 g/mol. The number of furan rings is 1. The minimum atomic E-state index is 0.861. The SMILES string of the molecule is c1ccc(-c2ccc(N(c3cc(-c4cccc(-n5c6ccccc6c6ccccc65)c4)c4oc5ccccc5c4c3)c3ccc(-c4ccccc4)cc3-c3ccccc3)cc2)cc1. The lowest BCUT2D eigenvalue weighted by Gasteiger charge is -2.29. The lowest BCUT2D eigenvalue weighted by atomic mass is 9.95. The molecule has 0 aliphatic heterocycles. The highest BCUT2D eigenvalue weighted by molar-refractivity contribution is 6.13. The smallest absolute Gasteiger partial charge is 0.143 e. The summed E-state index contributed by atoms with van der Waals surface area (Å²) in [7, 11) is 0. The summed E-state index contributed by atoms with van der Waals surface area (Å²) in [6, 6.07) is 87.2. The number of rotatable bonds is 8. The Morgan fingerprint density at radius 1 is 0.317 bits per heavy atom. The van der Waals surface area contributed by atoms with Gasteiger partial charge in [-0.2, -0.15) is 0 Å². The van der Waals surface area contributed by atoms with Gasteiger partial charge in [-0.1, -0.05) is 176 Å². The van der Waals surface area contributed by atoms with Crippen LogP contribution >= 0.6 is 0 Å². The van der Waals surface area contributed by atoms with Crippen LogP contribution in [0.15, 0.2) is 247 Å². The fourth-order valence-electron chi connectivity index (χ4n) is 9.42. The van der Waals surface area contributed by atoms with Crippen molar-refractivity contribution < 1.29 is 4.42 Å². The largest absolute Gasteiger partial charge is 0.455 e. The van der Waals surface area contributed by atoms with Crippen molar-refractivity contribution in [2.75, 3.05) is 4.90 Å². The summed E-state index contributed by atoms with van der Waals surface area (Å²) < 4.78 is 9.24. The third-order valence-electron chi connectivity index (χ3n) is 12.4. The predicted octanol–water partition coefficient (Wildman–Crippen LogP) is 16.8. The highest BCUT2D eigenvalue weighted by Crippen LogP contribution is 2.47. The number of hydrogen-bond acceptors (Lipinski definition) is 2. The van der Waals surface area contributed by atoms with Crippen molar-refractivity contribution in [3.8, 4) is 50.2 Å². The van der Waals surface area contributed by atoms with Gasteiger partial charge in [-0.25, -0.2) is 0 Å². The van der Waals surface area contributed by atoms with E-state index in [0.29, 0.717) is 0 Å². The average Bonchev–Trinajstić information content (AvgIpc) is 3.91. The summed E-state index contributed by atoms with van der Waals surface area (Å²) in [4.78, 5) is 2.42. The molecule has 0 radical (unpaired) electrons. The number of aromatic nitrogens is 1. The van der Waals surface area contributed by atoms with Crippen molar-refractivity contribution in [2.24, 2.45) is 0 Å². The molecule has 0 atom stereocenters. The van der Waals surface area contributed by atoms with Crippen molar-refractivity contribution in [3.05, 3.63) is 243 Å². The molecule has 0 saturated carbocycles. The Kier molecular flexibility index (Phi) is 8.83. The van der Waals surface area contributed by atoms with E-state index in [4.69, 9.17) is 4.42 Å². The second kappa shape index (κ2) is 15.3. The van der Waals surface area contributed by atoms with Gasteiger partial charge < -0.3 is 13.9 Å². The minimum Gasteiger partial charge on any atom is -0.455 e. The Morgan fingerprint density at radius 3 is 1.54 bits per heavy atom. The molecular weight excluding hydrogens is 765 g/mol. The van der Waals surface area contributed by atoms with Crippen LogP contribution in [-0.2, 0) is 0 Å². The van der Waals surface area contributed by atoms with Gasteiger partial charge in [0, 0.05) is 49.7 Å². The lowest BCUT2D eigenvalue weighted by Crippen LogP contribution is -2.11. The molecule has 63 heavy (non-hydrogen) atoms. The summed E-state index contributed by atoms with van der Waals surface area (Å²) in [6.45, 7) is 0. The van der Waals surface area contributed by atoms with Gasteiger partial charge in [-0.05, 0) is 100 Å². The topological polar surface area (TPSA) is 21.3 Å². The van der Waals surface area contributed by atoms with Gasteiger partial charge >= 0.3 is 0 Å². The summed E-state index contributed by atoms with van der Waals surface area (Å²) >= 11 is 0. The zero-order chi connectivity index (χ0) is 41.7. The summed E-state index contributed by atoms with van der Waals surface area (Å²) in [5.41, 5.74) is 17.4. The Labute approximate surface area is 366 Å². The van der Waals surface area contributed by atoms with Crippen LogP contribution in [0.1, 0.15) is 0 Å². The van der Waals surface area contributed by atoms with Crippen LogP contribution < -0.4 is 4.90 Å². The monoisotopic (exact) mass is 804 g/mol. The Bertz CT molecular complexity index is 3550. The first-order valence-corrected chi connectivity index (χ1v) is 21.5. The van der Waals surface area contributed by atoms with Crippen molar-refractivity contribution in [2.45, 2.75) is 0 Å². The van der Waals surface area contributed by atoms with E-state index in [1.54, 1.807) is 0 Å². The van der Waals surface area contributed by atoms with E-state index in [2.05, 4.69) is 252 Å². The molecule has 0 aliphatic carbocycles. The third-order valence-corrected chi connectivity index (χ3v) is 12.4. The molecule has 12 rings (SSSR count). The van der Waals surface area contributed by atoms with Gasteiger partial charge in [0.15, 0.2) is 0 Å². The second-order valence-electron chi connectivity index (χ2n) is 16.1. The molecule has 2 heterocycles. The van der Waals surface area contributed by atoms with Gasteiger partial charge in [0.25, 0.3) is 0 Å². The molecule has 0 spiro atoms. The molecule has 0 saturated heterocycles. The van der Waals surface area contributed by atoms with E-state index in [0.717, 1.165) is 72.5 Å². The Morgan fingerprint density at radius 2 is 0.857 bits per heavy atom.